The number of amides is 3. The fourth-order valence-corrected chi connectivity index (χ4v) is 2.79. The van der Waals surface area contributed by atoms with Gasteiger partial charge in [0.25, 0.3) is 0 Å². The van der Waals surface area contributed by atoms with Crippen LogP contribution in [0, 0.1) is 5.82 Å². The van der Waals surface area contributed by atoms with Crippen LogP contribution in [0.25, 0.3) is 0 Å². The van der Waals surface area contributed by atoms with Crippen molar-refractivity contribution in [2.24, 2.45) is 0 Å². The number of para-hydroxylation sites is 1. The molecule has 3 rings (SSSR count). The summed E-state index contributed by atoms with van der Waals surface area (Å²) in [5, 5.41) is 5.46. The molecule has 3 amide bonds. The van der Waals surface area contributed by atoms with Crippen LogP contribution in [0.3, 0.4) is 0 Å². The summed E-state index contributed by atoms with van der Waals surface area (Å²) in [4.78, 5) is 26.3. The first-order valence-electron chi connectivity index (χ1n) is 7.82. The van der Waals surface area contributed by atoms with Crippen LogP contribution < -0.4 is 10.6 Å². The minimum absolute atomic E-state index is 0.215. The van der Waals surface area contributed by atoms with Gasteiger partial charge in [-0.2, -0.15) is 0 Å². The molecule has 0 saturated carbocycles. The van der Waals surface area contributed by atoms with Crippen molar-refractivity contribution in [3.63, 3.8) is 0 Å². The molecule has 0 aliphatic carbocycles. The van der Waals surface area contributed by atoms with Crippen molar-refractivity contribution in [2.75, 3.05) is 17.2 Å². The molecule has 6 heteroatoms. The van der Waals surface area contributed by atoms with Gasteiger partial charge in [-0.15, -0.1) is 0 Å². The van der Waals surface area contributed by atoms with E-state index in [-0.39, 0.29) is 5.91 Å². The summed E-state index contributed by atoms with van der Waals surface area (Å²) in [5.74, 6) is -0.638. The lowest BCUT2D eigenvalue weighted by Gasteiger charge is -2.24. The van der Waals surface area contributed by atoms with Crippen LogP contribution in [0.5, 0.6) is 0 Å². The van der Waals surface area contributed by atoms with Crippen molar-refractivity contribution in [2.45, 2.75) is 18.9 Å². The highest BCUT2D eigenvalue weighted by molar-refractivity contribution is 5.99. The van der Waals surface area contributed by atoms with Crippen molar-refractivity contribution in [1.29, 1.82) is 0 Å². The number of benzene rings is 2. The van der Waals surface area contributed by atoms with Gasteiger partial charge in [-0.05, 0) is 43.2 Å². The zero-order valence-corrected chi connectivity index (χ0v) is 13.0. The van der Waals surface area contributed by atoms with E-state index in [0.29, 0.717) is 24.3 Å². The Morgan fingerprint density at radius 1 is 1.00 bits per heavy atom. The van der Waals surface area contributed by atoms with Crippen LogP contribution >= 0.6 is 0 Å². The first-order chi connectivity index (χ1) is 11.6. The molecular formula is C18H18FN3O2. The molecule has 1 atom stereocenters. The zero-order chi connectivity index (χ0) is 16.9. The second-order valence-corrected chi connectivity index (χ2v) is 5.65. The Bertz CT molecular complexity index is 736. The van der Waals surface area contributed by atoms with Crippen LogP contribution in [0.15, 0.2) is 54.6 Å². The molecule has 0 radical (unpaired) electrons. The van der Waals surface area contributed by atoms with Gasteiger partial charge in [-0.25, -0.2) is 9.18 Å². The number of halogens is 1. The number of nitrogens with one attached hydrogen (secondary N) is 2. The average Bonchev–Trinajstić information content (AvgIpc) is 3.06. The molecule has 1 saturated heterocycles. The fourth-order valence-electron chi connectivity index (χ4n) is 2.79. The molecule has 2 aromatic carbocycles. The molecule has 0 unspecified atom stereocenters. The maximum absolute atomic E-state index is 13.2. The normalized spacial score (nSPS) is 16.7. The monoisotopic (exact) mass is 327 g/mol. The van der Waals surface area contributed by atoms with Crippen LogP contribution in [0.1, 0.15) is 12.8 Å². The highest BCUT2D eigenvalue weighted by atomic mass is 19.1. The lowest BCUT2D eigenvalue weighted by atomic mass is 10.2. The smallest absolute Gasteiger partial charge is 0.322 e. The molecule has 2 N–H and O–H groups in total. The number of carbonyl (C=O) groups excluding carboxylic acids is 2. The molecule has 0 aromatic heterocycles. The second kappa shape index (κ2) is 7.12. The molecule has 24 heavy (non-hydrogen) atoms. The van der Waals surface area contributed by atoms with E-state index in [9.17, 15) is 14.0 Å². The van der Waals surface area contributed by atoms with Gasteiger partial charge in [0.05, 0.1) is 0 Å². The number of urea groups is 1. The van der Waals surface area contributed by atoms with Crippen molar-refractivity contribution >= 4 is 23.3 Å². The minimum Gasteiger partial charge on any atom is -0.324 e. The number of rotatable bonds is 3. The van der Waals surface area contributed by atoms with Gasteiger partial charge in [-0.1, -0.05) is 24.3 Å². The maximum Gasteiger partial charge on any atom is 0.322 e. The quantitative estimate of drug-likeness (QED) is 0.907. The molecule has 2 aromatic rings. The number of carbonyl (C=O) groups is 2. The van der Waals surface area contributed by atoms with Gasteiger partial charge in [-0.3, -0.25) is 4.79 Å². The Hall–Kier alpha value is -2.89. The highest BCUT2D eigenvalue weighted by Crippen LogP contribution is 2.21. The van der Waals surface area contributed by atoms with E-state index >= 15 is 0 Å². The van der Waals surface area contributed by atoms with Crippen LogP contribution in [-0.2, 0) is 4.79 Å². The summed E-state index contributed by atoms with van der Waals surface area (Å²) >= 11 is 0. The Labute approximate surface area is 139 Å². The van der Waals surface area contributed by atoms with Crippen LogP contribution in [-0.4, -0.2) is 29.4 Å². The van der Waals surface area contributed by atoms with Crippen molar-refractivity contribution in [3.8, 4) is 0 Å². The number of hydrogen-bond acceptors (Lipinski definition) is 2. The maximum atomic E-state index is 13.2. The molecule has 5 nitrogen and oxygen atoms in total. The van der Waals surface area contributed by atoms with Gasteiger partial charge in [0.1, 0.15) is 11.9 Å². The summed E-state index contributed by atoms with van der Waals surface area (Å²) in [5.41, 5.74) is 1.06. The molecular weight excluding hydrogens is 309 g/mol. The number of likely N-dealkylation sites (tertiary alicyclic amines) is 1. The van der Waals surface area contributed by atoms with Crippen molar-refractivity contribution < 1.29 is 14.0 Å². The van der Waals surface area contributed by atoms with E-state index in [4.69, 9.17) is 0 Å². The van der Waals surface area contributed by atoms with E-state index in [1.54, 1.807) is 18.2 Å². The largest absolute Gasteiger partial charge is 0.324 e. The summed E-state index contributed by atoms with van der Waals surface area (Å²) in [6.45, 7) is 0.494. The molecule has 0 bridgehead atoms. The summed E-state index contributed by atoms with van der Waals surface area (Å²) in [6, 6.07) is 13.9. The lowest BCUT2D eigenvalue weighted by Crippen LogP contribution is -2.45. The van der Waals surface area contributed by atoms with E-state index < -0.39 is 17.9 Å². The Kier molecular flexibility index (Phi) is 4.74. The first-order valence-corrected chi connectivity index (χ1v) is 7.82. The standard InChI is InChI=1S/C18H18FN3O2/c19-13-6-4-9-15(12-13)21-18(24)22-11-5-10-16(22)17(23)20-14-7-2-1-3-8-14/h1-4,6-9,12,16H,5,10-11H2,(H,20,23)(H,21,24)/t16-/m0/s1. The number of hydrogen-bond donors (Lipinski definition) is 2. The van der Waals surface area contributed by atoms with E-state index in [2.05, 4.69) is 10.6 Å². The third-order valence-corrected chi connectivity index (χ3v) is 3.93. The van der Waals surface area contributed by atoms with Crippen LogP contribution in [0.2, 0.25) is 0 Å². The SMILES string of the molecule is O=C(Nc1ccccc1)[C@@H]1CCCN1C(=O)Nc1cccc(F)c1. The molecule has 1 aliphatic rings. The molecule has 124 valence electrons. The molecule has 0 spiro atoms. The average molecular weight is 327 g/mol. The van der Waals surface area contributed by atoms with Gasteiger partial charge in [0.2, 0.25) is 5.91 Å². The zero-order valence-electron chi connectivity index (χ0n) is 13.0. The number of nitrogens with zero attached hydrogens (tertiary/aromatic N) is 1. The van der Waals surface area contributed by atoms with Crippen molar-refractivity contribution in [3.05, 3.63) is 60.4 Å². The first kappa shape index (κ1) is 16.0. The lowest BCUT2D eigenvalue weighted by molar-refractivity contribution is -0.119. The van der Waals surface area contributed by atoms with Crippen molar-refractivity contribution in [1.82, 2.24) is 4.90 Å². The number of anilines is 2. The van der Waals surface area contributed by atoms with Gasteiger partial charge in [0.15, 0.2) is 0 Å². The third-order valence-electron chi connectivity index (χ3n) is 3.93. The Morgan fingerprint density at radius 3 is 2.50 bits per heavy atom. The summed E-state index contributed by atoms with van der Waals surface area (Å²) in [6.07, 6.45) is 1.36. The van der Waals surface area contributed by atoms with E-state index in [1.807, 2.05) is 18.2 Å². The fraction of sp³-hybridized carbons (Fsp3) is 0.222. The Morgan fingerprint density at radius 2 is 1.75 bits per heavy atom. The van der Waals surface area contributed by atoms with Gasteiger partial charge in [0, 0.05) is 17.9 Å². The molecule has 1 aliphatic heterocycles. The highest BCUT2D eigenvalue weighted by Gasteiger charge is 2.34. The summed E-state index contributed by atoms with van der Waals surface area (Å²) < 4.78 is 13.2. The second-order valence-electron chi connectivity index (χ2n) is 5.65. The predicted octanol–water partition coefficient (Wildman–Crippen LogP) is 3.46. The summed E-state index contributed by atoms with van der Waals surface area (Å²) in [7, 11) is 0. The Balaban J connectivity index is 1.66. The minimum atomic E-state index is -0.529. The van der Waals surface area contributed by atoms with Crippen LogP contribution in [0.4, 0.5) is 20.6 Å². The van der Waals surface area contributed by atoms with E-state index in [1.165, 1.54) is 23.1 Å². The van der Waals surface area contributed by atoms with E-state index in [0.717, 1.165) is 6.42 Å². The molecule has 1 heterocycles. The third kappa shape index (κ3) is 3.71. The molecule has 1 fully saturated rings. The predicted molar refractivity (Wildman–Crippen MR) is 90.2 cm³/mol. The van der Waals surface area contributed by atoms with Gasteiger partial charge < -0.3 is 15.5 Å². The van der Waals surface area contributed by atoms with Gasteiger partial charge >= 0.3 is 6.03 Å². The topological polar surface area (TPSA) is 61.4 Å².